The molecule has 0 atom stereocenters. The normalized spacial score (nSPS) is 14.7. The van der Waals surface area contributed by atoms with Crippen LogP contribution in [0.15, 0.2) is 36.4 Å². The fourth-order valence-corrected chi connectivity index (χ4v) is 2.92. The number of aromatic nitrogens is 1. The van der Waals surface area contributed by atoms with Crippen LogP contribution in [0.1, 0.15) is 32.9 Å². The maximum atomic E-state index is 11.3. The lowest BCUT2D eigenvalue weighted by molar-refractivity contribution is 0.0694. The Bertz CT molecular complexity index is 682. The Balaban J connectivity index is 1.79. The number of rotatable bonds is 3. The number of fused-ring (bicyclic) bond motifs is 1. The molecule has 1 aromatic carbocycles. The molecule has 0 bridgehead atoms. The molecule has 0 fully saturated rings. The molecule has 1 aromatic heterocycles. The van der Waals surface area contributed by atoms with E-state index in [0.29, 0.717) is 5.56 Å². The molecule has 1 N–H and O–H groups in total. The largest absolute Gasteiger partial charge is 0.478 e. The first-order valence-corrected chi connectivity index (χ1v) is 7.12. The molecule has 0 saturated heterocycles. The van der Waals surface area contributed by atoms with Gasteiger partial charge in [0.1, 0.15) is 0 Å². The molecule has 4 heteroatoms. The van der Waals surface area contributed by atoms with Gasteiger partial charge in [-0.2, -0.15) is 0 Å². The summed E-state index contributed by atoms with van der Waals surface area (Å²) in [6.45, 7) is 4.45. The van der Waals surface area contributed by atoms with E-state index in [1.54, 1.807) is 6.07 Å². The molecule has 0 radical (unpaired) electrons. The van der Waals surface area contributed by atoms with Crippen LogP contribution < -0.4 is 0 Å². The van der Waals surface area contributed by atoms with E-state index in [0.717, 1.165) is 48.6 Å². The molecule has 0 saturated carbocycles. The van der Waals surface area contributed by atoms with Gasteiger partial charge in [0.15, 0.2) is 0 Å². The van der Waals surface area contributed by atoms with E-state index >= 15 is 0 Å². The molecule has 1 aliphatic rings. The molecular formula is C17H18N2O2. The molecule has 0 aliphatic carbocycles. The van der Waals surface area contributed by atoms with Crippen LogP contribution in [0.5, 0.6) is 0 Å². The molecular weight excluding hydrogens is 264 g/mol. The second-order valence-electron chi connectivity index (χ2n) is 5.48. The minimum absolute atomic E-state index is 0.445. The van der Waals surface area contributed by atoms with Crippen LogP contribution in [0, 0.1) is 6.92 Å². The van der Waals surface area contributed by atoms with Gasteiger partial charge in [-0.25, -0.2) is 4.79 Å². The third-order valence-corrected chi connectivity index (χ3v) is 3.91. The molecule has 2 heterocycles. The van der Waals surface area contributed by atoms with Gasteiger partial charge in [-0.3, -0.25) is 9.88 Å². The molecule has 0 unspecified atom stereocenters. The number of hydrogen-bond acceptors (Lipinski definition) is 3. The van der Waals surface area contributed by atoms with Crippen molar-refractivity contribution in [2.24, 2.45) is 0 Å². The number of nitrogens with zero attached hydrogens (tertiary/aromatic N) is 2. The van der Waals surface area contributed by atoms with E-state index in [4.69, 9.17) is 0 Å². The molecule has 21 heavy (non-hydrogen) atoms. The molecule has 0 spiro atoms. The summed E-state index contributed by atoms with van der Waals surface area (Å²) >= 11 is 0. The lowest BCUT2D eigenvalue weighted by Crippen LogP contribution is -2.31. The van der Waals surface area contributed by atoms with Crippen molar-refractivity contribution in [1.82, 2.24) is 9.88 Å². The van der Waals surface area contributed by atoms with Gasteiger partial charge >= 0.3 is 5.97 Å². The van der Waals surface area contributed by atoms with Gasteiger partial charge in [-0.05, 0) is 42.7 Å². The van der Waals surface area contributed by atoms with Crippen LogP contribution in [0.2, 0.25) is 0 Å². The first kappa shape index (κ1) is 13.8. The van der Waals surface area contributed by atoms with Crippen molar-refractivity contribution in [3.8, 4) is 0 Å². The number of pyridine rings is 1. The zero-order valence-electron chi connectivity index (χ0n) is 12.0. The molecule has 0 amide bonds. The second kappa shape index (κ2) is 5.66. The van der Waals surface area contributed by atoms with Gasteiger partial charge in [0.2, 0.25) is 0 Å². The standard InChI is InChI=1S/C17H18N2O2/c1-12-4-2-6-14(18-12)11-19-9-8-15-13(10-19)5-3-7-16(15)17(20)21/h2-7H,8-11H2,1H3,(H,20,21). The molecule has 4 nitrogen and oxygen atoms in total. The summed E-state index contributed by atoms with van der Waals surface area (Å²) in [5.41, 5.74) is 4.64. The monoisotopic (exact) mass is 282 g/mol. The Hall–Kier alpha value is -2.20. The van der Waals surface area contributed by atoms with Gasteiger partial charge in [0, 0.05) is 25.3 Å². The second-order valence-corrected chi connectivity index (χ2v) is 5.48. The zero-order valence-corrected chi connectivity index (χ0v) is 12.0. The fraction of sp³-hybridized carbons (Fsp3) is 0.294. The minimum Gasteiger partial charge on any atom is -0.478 e. The summed E-state index contributed by atoms with van der Waals surface area (Å²) in [4.78, 5) is 18.1. The van der Waals surface area contributed by atoms with Crippen molar-refractivity contribution in [3.63, 3.8) is 0 Å². The van der Waals surface area contributed by atoms with E-state index in [9.17, 15) is 9.90 Å². The van der Waals surface area contributed by atoms with Crippen LogP contribution >= 0.6 is 0 Å². The first-order chi connectivity index (χ1) is 10.1. The van der Waals surface area contributed by atoms with Crippen molar-refractivity contribution in [3.05, 3.63) is 64.5 Å². The Morgan fingerprint density at radius 2 is 2.10 bits per heavy atom. The predicted molar refractivity (Wildman–Crippen MR) is 80.2 cm³/mol. The highest BCUT2D eigenvalue weighted by Crippen LogP contribution is 2.23. The number of hydrogen-bond donors (Lipinski definition) is 1. The smallest absolute Gasteiger partial charge is 0.335 e. The van der Waals surface area contributed by atoms with Crippen LogP contribution in [-0.4, -0.2) is 27.5 Å². The SMILES string of the molecule is Cc1cccc(CN2CCc3c(cccc3C(=O)O)C2)n1. The molecule has 2 aromatic rings. The summed E-state index contributed by atoms with van der Waals surface area (Å²) in [5, 5.41) is 9.25. The maximum absolute atomic E-state index is 11.3. The number of carboxylic acid groups (broad SMARTS) is 1. The van der Waals surface area contributed by atoms with Crippen LogP contribution in [0.25, 0.3) is 0 Å². The van der Waals surface area contributed by atoms with Gasteiger partial charge in [-0.15, -0.1) is 0 Å². The molecule has 1 aliphatic heterocycles. The van der Waals surface area contributed by atoms with Crippen molar-refractivity contribution in [2.45, 2.75) is 26.4 Å². The average Bonchev–Trinajstić information content (AvgIpc) is 2.46. The first-order valence-electron chi connectivity index (χ1n) is 7.12. The van der Waals surface area contributed by atoms with E-state index in [-0.39, 0.29) is 0 Å². The zero-order chi connectivity index (χ0) is 14.8. The minimum atomic E-state index is -0.833. The third-order valence-electron chi connectivity index (χ3n) is 3.91. The average molecular weight is 282 g/mol. The van der Waals surface area contributed by atoms with E-state index in [1.807, 2.05) is 37.3 Å². The van der Waals surface area contributed by atoms with Gasteiger partial charge in [-0.1, -0.05) is 18.2 Å². The van der Waals surface area contributed by atoms with Crippen molar-refractivity contribution in [2.75, 3.05) is 6.54 Å². The number of benzene rings is 1. The lowest BCUT2D eigenvalue weighted by Gasteiger charge is -2.29. The van der Waals surface area contributed by atoms with Crippen LogP contribution in [-0.2, 0) is 19.5 Å². The maximum Gasteiger partial charge on any atom is 0.335 e. The summed E-state index contributed by atoms with van der Waals surface area (Å²) in [7, 11) is 0. The summed E-state index contributed by atoms with van der Waals surface area (Å²) in [6.07, 6.45) is 0.781. The van der Waals surface area contributed by atoms with Crippen LogP contribution in [0.4, 0.5) is 0 Å². The molecule has 3 rings (SSSR count). The molecule has 108 valence electrons. The van der Waals surface area contributed by atoms with Gasteiger partial charge in [0.05, 0.1) is 11.3 Å². The topological polar surface area (TPSA) is 53.4 Å². The van der Waals surface area contributed by atoms with Crippen molar-refractivity contribution in [1.29, 1.82) is 0 Å². The third kappa shape index (κ3) is 2.95. The Morgan fingerprint density at radius 1 is 1.29 bits per heavy atom. The lowest BCUT2D eigenvalue weighted by atomic mass is 9.94. The highest BCUT2D eigenvalue weighted by molar-refractivity contribution is 5.89. The fourth-order valence-electron chi connectivity index (χ4n) is 2.92. The van der Waals surface area contributed by atoms with Crippen LogP contribution in [0.3, 0.4) is 0 Å². The van der Waals surface area contributed by atoms with E-state index in [1.165, 1.54) is 0 Å². The summed E-state index contributed by atoms with van der Waals surface area (Å²) in [5.74, 6) is -0.833. The Morgan fingerprint density at radius 3 is 2.86 bits per heavy atom. The number of carboxylic acids is 1. The highest BCUT2D eigenvalue weighted by atomic mass is 16.4. The summed E-state index contributed by atoms with van der Waals surface area (Å²) < 4.78 is 0. The number of carbonyl (C=O) groups is 1. The van der Waals surface area contributed by atoms with E-state index < -0.39 is 5.97 Å². The highest BCUT2D eigenvalue weighted by Gasteiger charge is 2.21. The quantitative estimate of drug-likeness (QED) is 0.940. The Kier molecular flexibility index (Phi) is 3.71. The predicted octanol–water partition coefficient (Wildman–Crippen LogP) is 2.65. The number of aromatic carboxylic acids is 1. The van der Waals surface area contributed by atoms with Crippen molar-refractivity contribution < 1.29 is 9.90 Å². The van der Waals surface area contributed by atoms with Gasteiger partial charge in [0.25, 0.3) is 0 Å². The summed E-state index contributed by atoms with van der Waals surface area (Å²) in [6, 6.07) is 11.6. The van der Waals surface area contributed by atoms with Gasteiger partial charge < -0.3 is 5.11 Å². The number of aryl methyl sites for hydroxylation is 1. The van der Waals surface area contributed by atoms with Crippen molar-refractivity contribution >= 4 is 5.97 Å². The Labute approximate surface area is 124 Å². The van der Waals surface area contributed by atoms with E-state index in [2.05, 4.69) is 9.88 Å².